The lowest BCUT2D eigenvalue weighted by Gasteiger charge is -2.39. The first-order chi connectivity index (χ1) is 8.22. The Kier molecular flexibility index (Phi) is 2.92. The minimum absolute atomic E-state index is 0.396. The van der Waals surface area contributed by atoms with E-state index >= 15 is 0 Å². The normalized spacial score (nSPS) is 32.5. The highest BCUT2D eigenvalue weighted by molar-refractivity contribution is 6.31. The summed E-state index contributed by atoms with van der Waals surface area (Å²) in [7, 11) is 0. The Balaban J connectivity index is 2.02. The van der Waals surface area contributed by atoms with Crippen molar-refractivity contribution in [1.29, 1.82) is 0 Å². The molecule has 1 nitrogen and oxygen atoms in total. The van der Waals surface area contributed by atoms with Crippen molar-refractivity contribution in [1.82, 2.24) is 5.32 Å². The highest BCUT2D eigenvalue weighted by atomic mass is 35.5. The highest BCUT2D eigenvalue weighted by Gasteiger charge is 2.45. The molecule has 0 aromatic heterocycles. The smallest absolute Gasteiger partial charge is 0.0435 e. The van der Waals surface area contributed by atoms with Crippen LogP contribution >= 0.6 is 11.6 Å². The zero-order chi connectivity index (χ0) is 11.9. The van der Waals surface area contributed by atoms with Crippen molar-refractivity contribution in [3.63, 3.8) is 0 Å². The zero-order valence-electron chi connectivity index (χ0n) is 10.4. The molecule has 1 aromatic rings. The predicted octanol–water partition coefficient (Wildman–Crippen LogP) is 3.68. The average Bonchev–Trinajstić information content (AvgIpc) is 2.77. The number of fused-ring (bicyclic) bond motifs is 1. The van der Waals surface area contributed by atoms with Crippen LogP contribution in [0.25, 0.3) is 0 Å². The van der Waals surface area contributed by atoms with Crippen LogP contribution in [-0.4, -0.2) is 13.1 Å². The molecule has 0 radical (unpaired) electrons. The number of hydrogen-bond acceptors (Lipinski definition) is 1. The van der Waals surface area contributed by atoms with Gasteiger partial charge in [0.1, 0.15) is 0 Å². The summed E-state index contributed by atoms with van der Waals surface area (Å²) in [6.45, 7) is 4.46. The van der Waals surface area contributed by atoms with Gasteiger partial charge in [-0.05, 0) is 49.4 Å². The van der Waals surface area contributed by atoms with Crippen LogP contribution in [0.1, 0.15) is 36.8 Å². The molecule has 0 amide bonds. The minimum atomic E-state index is 0.396. The van der Waals surface area contributed by atoms with Gasteiger partial charge in [-0.1, -0.05) is 36.6 Å². The summed E-state index contributed by atoms with van der Waals surface area (Å²) in [4.78, 5) is 0. The fraction of sp³-hybridized carbons (Fsp3) is 0.600. The van der Waals surface area contributed by atoms with Crippen LogP contribution in [0.2, 0.25) is 5.02 Å². The van der Waals surface area contributed by atoms with Gasteiger partial charge < -0.3 is 5.32 Å². The van der Waals surface area contributed by atoms with E-state index in [1.165, 1.54) is 43.4 Å². The number of nitrogens with one attached hydrogen (secondary N) is 1. The van der Waals surface area contributed by atoms with Crippen LogP contribution in [0, 0.1) is 12.8 Å². The van der Waals surface area contributed by atoms with Gasteiger partial charge in [-0.2, -0.15) is 0 Å². The Bertz CT molecular complexity index is 429. The molecule has 92 valence electrons. The van der Waals surface area contributed by atoms with Gasteiger partial charge in [-0.25, -0.2) is 0 Å². The van der Waals surface area contributed by atoms with Gasteiger partial charge in [0.2, 0.25) is 0 Å². The molecule has 1 saturated heterocycles. The van der Waals surface area contributed by atoms with Gasteiger partial charge in [0, 0.05) is 17.0 Å². The molecule has 2 atom stereocenters. The number of hydrogen-bond donors (Lipinski definition) is 1. The van der Waals surface area contributed by atoms with Crippen molar-refractivity contribution in [3.8, 4) is 0 Å². The molecular weight excluding hydrogens is 230 g/mol. The van der Waals surface area contributed by atoms with E-state index in [0.717, 1.165) is 17.5 Å². The van der Waals surface area contributed by atoms with Crippen LogP contribution in [0.3, 0.4) is 0 Å². The van der Waals surface area contributed by atoms with E-state index < -0.39 is 0 Å². The van der Waals surface area contributed by atoms with Crippen molar-refractivity contribution < 1.29 is 0 Å². The summed E-state index contributed by atoms with van der Waals surface area (Å²) in [5.41, 5.74) is 3.12. The van der Waals surface area contributed by atoms with Crippen LogP contribution in [0.5, 0.6) is 0 Å². The summed E-state index contributed by atoms with van der Waals surface area (Å²) in [6, 6.07) is 6.64. The number of aryl methyl sites for hydroxylation is 1. The largest absolute Gasteiger partial charge is 0.316 e. The molecule has 1 aliphatic carbocycles. The molecule has 1 aliphatic heterocycles. The maximum absolute atomic E-state index is 6.14. The van der Waals surface area contributed by atoms with Gasteiger partial charge in [0.05, 0.1) is 0 Å². The zero-order valence-corrected chi connectivity index (χ0v) is 11.2. The number of rotatable bonds is 1. The van der Waals surface area contributed by atoms with Gasteiger partial charge in [0.25, 0.3) is 0 Å². The van der Waals surface area contributed by atoms with Crippen LogP contribution in [-0.2, 0) is 5.41 Å². The molecule has 0 spiro atoms. The lowest BCUT2D eigenvalue weighted by atomic mass is 9.64. The van der Waals surface area contributed by atoms with Crippen molar-refractivity contribution in [2.45, 2.75) is 38.0 Å². The van der Waals surface area contributed by atoms with Crippen LogP contribution in [0.4, 0.5) is 0 Å². The predicted molar refractivity (Wildman–Crippen MR) is 72.7 cm³/mol. The highest BCUT2D eigenvalue weighted by Crippen LogP contribution is 2.46. The summed E-state index contributed by atoms with van der Waals surface area (Å²) < 4.78 is 0. The summed E-state index contributed by atoms with van der Waals surface area (Å²) in [5, 5.41) is 4.50. The molecule has 1 heterocycles. The maximum atomic E-state index is 6.14. The van der Waals surface area contributed by atoms with Gasteiger partial charge in [-0.15, -0.1) is 0 Å². The van der Waals surface area contributed by atoms with Gasteiger partial charge in [-0.3, -0.25) is 0 Å². The summed E-state index contributed by atoms with van der Waals surface area (Å²) >= 11 is 6.14. The van der Waals surface area contributed by atoms with E-state index in [1.807, 2.05) is 0 Å². The fourth-order valence-electron chi connectivity index (χ4n) is 3.75. The van der Waals surface area contributed by atoms with E-state index in [9.17, 15) is 0 Å². The second kappa shape index (κ2) is 4.29. The molecule has 2 fully saturated rings. The molecule has 1 N–H and O–H groups in total. The van der Waals surface area contributed by atoms with E-state index in [-0.39, 0.29) is 0 Å². The lowest BCUT2D eigenvalue weighted by Crippen LogP contribution is -2.37. The monoisotopic (exact) mass is 249 g/mol. The first kappa shape index (κ1) is 11.6. The Morgan fingerprint density at radius 3 is 3.06 bits per heavy atom. The Hall–Kier alpha value is -0.530. The van der Waals surface area contributed by atoms with Gasteiger partial charge >= 0.3 is 0 Å². The van der Waals surface area contributed by atoms with E-state index in [4.69, 9.17) is 11.6 Å². The van der Waals surface area contributed by atoms with E-state index in [1.54, 1.807) is 0 Å². The third-order valence-electron chi connectivity index (χ3n) is 4.77. The van der Waals surface area contributed by atoms with Crippen molar-refractivity contribution in [3.05, 3.63) is 34.3 Å². The molecule has 3 rings (SSSR count). The second-order valence-corrected chi connectivity index (χ2v) is 6.10. The van der Waals surface area contributed by atoms with Crippen LogP contribution in [0.15, 0.2) is 18.2 Å². The SMILES string of the molecule is Cc1cc([C@@]23CCCCC2CNC3)ccc1Cl. The second-order valence-electron chi connectivity index (χ2n) is 5.69. The molecule has 1 saturated carbocycles. The third kappa shape index (κ3) is 1.80. The molecule has 1 aromatic carbocycles. The summed E-state index contributed by atoms with van der Waals surface area (Å²) in [6.07, 6.45) is 5.50. The third-order valence-corrected chi connectivity index (χ3v) is 5.20. The Morgan fingerprint density at radius 1 is 1.35 bits per heavy atom. The standard InChI is InChI=1S/C15H20ClN/c1-11-8-12(5-6-14(11)16)15-7-3-2-4-13(15)9-17-10-15/h5-6,8,13,17H,2-4,7,9-10H2,1H3/t13?,15-/m0/s1. The fourth-order valence-corrected chi connectivity index (χ4v) is 3.87. The molecule has 2 heteroatoms. The van der Waals surface area contributed by atoms with Gasteiger partial charge in [0.15, 0.2) is 0 Å². The topological polar surface area (TPSA) is 12.0 Å². The van der Waals surface area contributed by atoms with Crippen molar-refractivity contribution in [2.75, 3.05) is 13.1 Å². The summed E-state index contributed by atoms with van der Waals surface area (Å²) in [5.74, 6) is 0.830. The van der Waals surface area contributed by atoms with Crippen molar-refractivity contribution >= 4 is 11.6 Å². The molecule has 1 unspecified atom stereocenters. The lowest BCUT2D eigenvalue weighted by molar-refractivity contribution is 0.242. The maximum Gasteiger partial charge on any atom is 0.0435 e. The first-order valence-electron chi connectivity index (χ1n) is 6.70. The Morgan fingerprint density at radius 2 is 2.24 bits per heavy atom. The molecule has 2 aliphatic rings. The minimum Gasteiger partial charge on any atom is -0.316 e. The average molecular weight is 250 g/mol. The first-order valence-corrected chi connectivity index (χ1v) is 7.07. The van der Waals surface area contributed by atoms with E-state index in [2.05, 4.69) is 30.4 Å². The van der Waals surface area contributed by atoms with Crippen LogP contribution < -0.4 is 5.32 Å². The quantitative estimate of drug-likeness (QED) is 0.801. The number of halogens is 1. The Labute approximate surface area is 109 Å². The number of benzene rings is 1. The molecule has 17 heavy (non-hydrogen) atoms. The van der Waals surface area contributed by atoms with E-state index in [0.29, 0.717) is 5.41 Å². The molecular formula is C15H20ClN. The van der Waals surface area contributed by atoms with Crippen molar-refractivity contribution in [2.24, 2.45) is 5.92 Å². The molecule has 0 bridgehead atoms.